The maximum atomic E-state index is 10.7. The Bertz CT molecular complexity index is 2080. The second kappa shape index (κ2) is 10.3. The molecule has 7 aromatic rings. The van der Waals surface area contributed by atoms with Gasteiger partial charge in [0.05, 0.1) is 11.8 Å². The van der Waals surface area contributed by atoms with Crippen molar-refractivity contribution in [3.05, 3.63) is 108 Å². The molecule has 206 valence electrons. The Morgan fingerprint density at radius 1 is 0.929 bits per heavy atom. The molecule has 11 nitrogen and oxygen atoms in total. The van der Waals surface area contributed by atoms with Crippen molar-refractivity contribution in [3.8, 4) is 22.9 Å². The van der Waals surface area contributed by atoms with Gasteiger partial charge >= 0.3 is 0 Å². The van der Waals surface area contributed by atoms with E-state index in [0.717, 1.165) is 52.3 Å². The number of carbonyl (C=O) groups is 1. The Morgan fingerprint density at radius 3 is 2.67 bits per heavy atom. The van der Waals surface area contributed by atoms with Crippen LogP contribution < -0.4 is 11.5 Å². The van der Waals surface area contributed by atoms with E-state index >= 15 is 0 Å². The molecule has 0 saturated heterocycles. The number of anilines is 1. The van der Waals surface area contributed by atoms with Crippen LogP contribution in [0.3, 0.4) is 0 Å². The lowest BCUT2D eigenvalue weighted by molar-refractivity contribution is 0.100. The highest BCUT2D eigenvalue weighted by Gasteiger charge is 2.20. The lowest BCUT2D eigenvalue weighted by atomic mass is 10.1. The fraction of sp³-hybridized carbons (Fsp3) is 0.0968. The number of pyridine rings is 2. The topological polar surface area (TPSA) is 157 Å². The SMILES string of the molecule is NC(=O)c1ccc2oncc2c1.Nc1ncccc1-c1nc2ccc(-n3cccn3)nc2n1-c1ccc2c(c1)CCC2. The molecular formula is C31H25N9O2. The molecule has 8 rings (SSSR count). The van der Waals surface area contributed by atoms with Crippen molar-refractivity contribution >= 4 is 33.9 Å². The van der Waals surface area contributed by atoms with Crippen molar-refractivity contribution in [2.24, 2.45) is 5.73 Å². The Hall–Kier alpha value is -5.84. The predicted molar refractivity (Wildman–Crippen MR) is 158 cm³/mol. The number of fused-ring (bicyclic) bond motifs is 3. The van der Waals surface area contributed by atoms with Crippen molar-refractivity contribution in [1.82, 2.24) is 34.5 Å². The summed E-state index contributed by atoms with van der Waals surface area (Å²) in [5, 5.41) is 8.67. The molecule has 1 amide bonds. The summed E-state index contributed by atoms with van der Waals surface area (Å²) in [5.74, 6) is 1.47. The molecule has 11 heteroatoms. The third-order valence-corrected chi connectivity index (χ3v) is 7.29. The zero-order valence-electron chi connectivity index (χ0n) is 22.4. The summed E-state index contributed by atoms with van der Waals surface area (Å²) in [5.41, 5.74) is 18.6. The van der Waals surface area contributed by atoms with Gasteiger partial charge in [-0.2, -0.15) is 5.10 Å². The molecule has 0 unspecified atom stereocenters. The molecule has 2 aromatic carbocycles. The Labute approximate surface area is 239 Å². The number of hydrogen-bond donors (Lipinski definition) is 2. The van der Waals surface area contributed by atoms with E-state index in [9.17, 15) is 4.79 Å². The number of hydrogen-bond acceptors (Lipinski definition) is 8. The van der Waals surface area contributed by atoms with Crippen molar-refractivity contribution in [2.45, 2.75) is 19.3 Å². The first-order valence-electron chi connectivity index (χ1n) is 13.4. The third-order valence-electron chi connectivity index (χ3n) is 7.29. The number of primary amides is 1. The molecule has 0 atom stereocenters. The van der Waals surface area contributed by atoms with E-state index in [1.165, 1.54) is 17.5 Å². The first-order valence-corrected chi connectivity index (χ1v) is 13.4. The minimum absolute atomic E-state index is 0.446. The van der Waals surface area contributed by atoms with Crippen LogP contribution in [0.15, 0.2) is 96.0 Å². The van der Waals surface area contributed by atoms with Crippen LogP contribution in [0.4, 0.5) is 5.82 Å². The van der Waals surface area contributed by atoms with E-state index in [0.29, 0.717) is 17.0 Å². The van der Waals surface area contributed by atoms with E-state index in [1.54, 1.807) is 41.5 Å². The largest absolute Gasteiger partial charge is 0.383 e. The Morgan fingerprint density at radius 2 is 1.83 bits per heavy atom. The van der Waals surface area contributed by atoms with Crippen molar-refractivity contribution in [1.29, 1.82) is 0 Å². The smallest absolute Gasteiger partial charge is 0.248 e. The molecule has 0 fully saturated rings. The minimum Gasteiger partial charge on any atom is -0.383 e. The van der Waals surface area contributed by atoms with E-state index in [2.05, 4.69) is 38.0 Å². The van der Waals surface area contributed by atoms with Crippen LogP contribution in [0.5, 0.6) is 0 Å². The number of rotatable bonds is 4. The molecule has 4 N–H and O–H groups in total. The van der Waals surface area contributed by atoms with Crippen LogP contribution in [0.1, 0.15) is 27.9 Å². The molecule has 42 heavy (non-hydrogen) atoms. The molecule has 5 aromatic heterocycles. The lowest BCUT2D eigenvalue weighted by Gasteiger charge is -2.12. The van der Waals surface area contributed by atoms with Gasteiger partial charge in [0, 0.05) is 35.2 Å². The molecule has 5 heterocycles. The van der Waals surface area contributed by atoms with Gasteiger partial charge in [0.15, 0.2) is 22.9 Å². The van der Waals surface area contributed by atoms with Crippen LogP contribution >= 0.6 is 0 Å². The van der Waals surface area contributed by atoms with E-state index in [1.807, 2.05) is 36.5 Å². The highest BCUT2D eigenvalue weighted by atomic mass is 16.5. The highest BCUT2D eigenvalue weighted by Crippen LogP contribution is 2.32. The Balaban J connectivity index is 0.000000201. The van der Waals surface area contributed by atoms with Gasteiger partial charge in [0.1, 0.15) is 11.3 Å². The van der Waals surface area contributed by atoms with E-state index in [4.69, 9.17) is 26.0 Å². The molecule has 1 aliphatic rings. The van der Waals surface area contributed by atoms with Gasteiger partial charge < -0.3 is 16.0 Å². The summed E-state index contributed by atoms with van der Waals surface area (Å²) in [6, 6.07) is 21.1. The number of carbonyl (C=O) groups excluding carboxylic acids is 1. The zero-order valence-corrected chi connectivity index (χ0v) is 22.4. The highest BCUT2D eigenvalue weighted by molar-refractivity contribution is 5.96. The van der Waals surface area contributed by atoms with Crippen LogP contribution in [-0.2, 0) is 12.8 Å². The second-order valence-corrected chi connectivity index (χ2v) is 9.92. The summed E-state index contributed by atoms with van der Waals surface area (Å²) < 4.78 is 8.68. The minimum atomic E-state index is -0.446. The standard InChI is InChI=1S/C23H19N7.C8H6N2O2/c24-21-18(6-2-11-25-21)22-27-19-9-10-20(29-13-3-12-26-29)28-23(19)30(22)17-8-7-15-4-1-5-16(15)14-17;9-8(11)5-1-2-7-6(3-5)4-10-12-7/h2-3,6-14H,1,4-5H2,(H2,24,25);1-4H,(H2,9,11). The molecule has 0 spiro atoms. The fourth-order valence-electron chi connectivity index (χ4n) is 5.23. The third kappa shape index (κ3) is 4.52. The van der Waals surface area contributed by atoms with Crippen LogP contribution in [0.25, 0.3) is 45.0 Å². The molecule has 0 saturated carbocycles. The monoisotopic (exact) mass is 555 g/mol. The van der Waals surface area contributed by atoms with Crippen molar-refractivity contribution in [2.75, 3.05) is 5.73 Å². The van der Waals surface area contributed by atoms with E-state index in [-0.39, 0.29) is 0 Å². The van der Waals surface area contributed by atoms with Gasteiger partial charge in [0.25, 0.3) is 0 Å². The van der Waals surface area contributed by atoms with Gasteiger partial charge in [-0.25, -0.2) is 19.6 Å². The van der Waals surface area contributed by atoms with Crippen LogP contribution in [0.2, 0.25) is 0 Å². The van der Waals surface area contributed by atoms with Gasteiger partial charge in [-0.15, -0.1) is 0 Å². The Kier molecular flexibility index (Phi) is 6.16. The average molecular weight is 556 g/mol. The summed E-state index contributed by atoms with van der Waals surface area (Å²) in [7, 11) is 0. The predicted octanol–water partition coefficient (Wildman–Crippen LogP) is 4.67. The van der Waals surface area contributed by atoms with Crippen LogP contribution in [0, 0.1) is 0 Å². The molecule has 0 bridgehead atoms. The zero-order chi connectivity index (χ0) is 28.6. The molecule has 0 radical (unpaired) electrons. The normalized spacial score (nSPS) is 12.3. The van der Waals surface area contributed by atoms with Gasteiger partial charge in [-0.3, -0.25) is 9.36 Å². The maximum absolute atomic E-state index is 10.7. The molecule has 1 aliphatic carbocycles. The van der Waals surface area contributed by atoms with E-state index < -0.39 is 5.91 Å². The average Bonchev–Trinajstić information content (AvgIpc) is 3.82. The first-order chi connectivity index (χ1) is 20.5. The first kappa shape index (κ1) is 25.1. The number of aromatic nitrogens is 7. The summed E-state index contributed by atoms with van der Waals surface area (Å²) in [6.07, 6.45) is 10.3. The molecular weight excluding hydrogens is 530 g/mol. The van der Waals surface area contributed by atoms with Gasteiger partial charge in [-0.1, -0.05) is 11.2 Å². The van der Waals surface area contributed by atoms with Crippen molar-refractivity contribution < 1.29 is 9.32 Å². The molecule has 0 aliphatic heterocycles. The number of nitrogen functional groups attached to an aromatic ring is 1. The fourth-order valence-corrected chi connectivity index (χ4v) is 5.23. The summed E-state index contributed by atoms with van der Waals surface area (Å²) >= 11 is 0. The number of nitrogens with two attached hydrogens (primary N) is 2. The number of imidazole rings is 1. The number of aryl methyl sites for hydroxylation is 2. The quantitative estimate of drug-likeness (QED) is 0.317. The summed E-state index contributed by atoms with van der Waals surface area (Å²) in [4.78, 5) is 24.8. The second-order valence-electron chi connectivity index (χ2n) is 9.92. The summed E-state index contributed by atoms with van der Waals surface area (Å²) in [6.45, 7) is 0. The van der Waals surface area contributed by atoms with Gasteiger partial charge in [-0.05, 0) is 91.1 Å². The van der Waals surface area contributed by atoms with Crippen molar-refractivity contribution in [3.63, 3.8) is 0 Å². The van der Waals surface area contributed by atoms with Crippen LogP contribution in [-0.4, -0.2) is 40.4 Å². The maximum Gasteiger partial charge on any atom is 0.248 e. The van der Waals surface area contributed by atoms with Gasteiger partial charge in [0.2, 0.25) is 5.91 Å². The number of benzene rings is 2. The number of amides is 1. The number of nitrogens with zero attached hydrogens (tertiary/aromatic N) is 7. The lowest BCUT2D eigenvalue weighted by Crippen LogP contribution is -2.10.